The van der Waals surface area contributed by atoms with Crippen LogP contribution in [0.5, 0.6) is 0 Å². The van der Waals surface area contributed by atoms with Gasteiger partial charge in [-0.05, 0) is 36.8 Å². The molecule has 3 heterocycles. The van der Waals surface area contributed by atoms with Crippen molar-refractivity contribution in [2.24, 2.45) is 5.73 Å². The lowest BCUT2D eigenvalue weighted by atomic mass is 10.0. The number of nitrogens with one attached hydrogen (secondary N) is 2. The summed E-state index contributed by atoms with van der Waals surface area (Å²) in [6, 6.07) is 12.2. The Bertz CT molecular complexity index is 1200. The van der Waals surface area contributed by atoms with Gasteiger partial charge in [-0.2, -0.15) is 5.26 Å². The largest absolute Gasteiger partial charge is 0.378 e. The molecule has 0 spiro atoms. The van der Waals surface area contributed by atoms with Gasteiger partial charge in [0.15, 0.2) is 0 Å². The van der Waals surface area contributed by atoms with Crippen molar-refractivity contribution in [2.45, 2.75) is 18.6 Å². The van der Waals surface area contributed by atoms with Gasteiger partial charge >= 0.3 is 0 Å². The van der Waals surface area contributed by atoms with E-state index in [2.05, 4.69) is 20.6 Å². The van der Waals surface area contributed by atoms with E-state index in [1.165, 1.54) is 24.5 Å². The number of hydrogen-bond acceptors (Lipinski definition) is 7. The average molecular weight is 449 g/mol. The predicted molar refractivity (Wildman–Crippen MR) is 121 cm³/mol. The minimum absolute atomic E-state index is 0.0992. The Kier molecular flexibility index (Phi) is 6.31. The molecular formula is C23H21F2N7O. The first kappa shape index (κ1) is 22.0. The van der Waals surface area contributed by atoms with E-state index in [0.29, 0.717) is 41.5 Å². The first-order chi connectivity index (χ1) is 15.9. The van der Waals surface area contributed by atoms with E-state index in [-0.39, 0.29) is 12.1 Å². The fraction of sp³-hybridized carbons (Fsp3) is 0.217. The van der Waals surface area contributed by atoms with Crippen molar-refractivity contribution in [2.75, 3.05) is 28.6 Å². The molecule has 10 heteroatoms. The van der Waals surface area contributed by atoms with Crippen LogP contribution in [0.3, 0.4) is 0 Å². The summed E-state index contributed by atoms with van der Waals surface area (Å²) in [4.78, 5) is 22.1. The van der Waals surface area contributed by atoms with Gasteiger partial charge < -0.3 is 21.3 Å². The van der Waals surface area contributed by atoms with Gasteiger partial charge in [-0.1, -0.05) is 6.07 Å². The molecule has 8 nitrogen and oxygen atoms in total. The summed E-state index contributed by atoms with van der Waals surface area (Å²) in [5.41, 5.74) is 6.86. The molecule has 1 aliphatic heterocycles. The summed E-state index contributed by atoms with van der Waals surface area (Å²) < 4.78 is 28.5. The van der Waals surface area contributed by atoms with Crippen LogP contribution in [0, 0.1) is 17.1 Å². The van der Waals surface area contributed by atoms with Crippen molar-refractivity contribution in [3.05, 3.63) is 71.8 Å². The molecule has 33 heavy (non-hydrogen) atoms. The lowest BCUT2D eigenvalue weighted by Gasteiger charge is -2.36. The number of piperidine rings is 1. The monoisotopic (exact) mass is 449 g/mol. The molecule has 0 saturated carbocycles. The zero-order valence-electron chi connectivity index (χ0n) is 17.5. The summed E-state index contributed by atoms with van der Waals surface area (Å²) in [5.74, 6) is -0.158. The number of pyridine rings is 2. The van der Waals surface area contributed by atoms with Crippen LogP contribution in [-0.4, -0.2) is 41.2 Å². The molecule has 2 aromatic heterocycles. The Morgan fingerprint density at radius 1 is 1.21 bits per heavy atom. The second kappa shape index (κ2) is 9.48. The second-order valence-corrected chi connectivity index (χ2v) is 7.63. The van der Waals surface area contributed by atoms with E-state index in [0.717, 1.165) is 0 Å². The van der Waals surface area contributed by atoms with Gasteiger partial charge in [0.2, 0.25) is 0 Å². The number of carbonyl (C=O) groups excluding carboxylic acids is 1. The third kappa shape index (κ3) is 5.15. The van der Waals surface area contributed by atoms with E-state index < -0.39 is 23.9 Å². The number of amides is 1. The highest BCUT2D eigenvalue weighted by molar-refractivity contribution is 5.98. The van der Waals surface area contributed by atoms with Gasteiger partial charge in [-0.25, -0.2) is 18.7 Å². The van der Waals surface area contributed by atoms with Gasteiger partial charge in [0.25, 0.3) is 5.91 Å². The standard InChI is InChI=1S/C23H21F2N7O/c24-15-2-1-3-16(8-15)30-21-9-20(17(12-28-21)23(27)33)31-19-6-7-32(13-18(19)25)22-5-4-14(10-26)11-29-22/h1-5,8-9,11-12,18-19H,6-7,13H2,(H2,27,33)(H2,28,30,31)/t18-,19+/m0/s1. The molecule has 4 N–H and O–H groups in total. The first-order valence-electron chi connectivity index (χ1n) is 10.3. The maximum Gasteiger partial charge on any atom is 0.252 e. The number of alkyl halides is 1. The van der Waals surface area contributed by atoms with Gasteiger partial charge in [0.1, 0.15) is 29.7 Å². The van der Waals surface area contributed by atoms with Crippen molar-refractivity contribution < 1.29 is 13.6 Å². The molecule has 3 aromatic rings. The summed E-state index contributed by atoms with van der Waals surface area (Å²) in [5, 5.41) is 15.0. The molecular weight excluding hydrogens is 428 g/mol. The summed E-state index contributed by atoms with van der Waals surface area (Å²) in [6.45, 7) is 0.629. The number of nitriles is 1. The Hall–Kier alpha value is -4.26. The topological polar surface area (TPSA) is 120 Å². The van der Waals surface area contributed by atoms with Crippen molar-refractivity contribution >= 4 is 28.9 Å². The molecule has 4 rings (SSSR count). The fourth-order valence-electron chi connectivity index (χ4n) is 3.67. The van der Waals surface area contributed by atoms with E-state index >= 15 is 4.39 Å². The number of primary amides is 1. The van der Waals surface area contributed by atoms with Gasteiger partial charge in [0, 0.05) is 30.7 Å². The number of aromatic nitrogens is 2. The van der Waals surface area contributed by atoms with E-state index in [9.17, 15) is 9.18 Å². The third-order valence-corrected chi connectivity index (χ3v) is 5.35. The zero-order chi connectivity index (χ0) is 23.4. The minimum Gasteiger partial charge on any atom is -0.378 e. The molecule has 0 unspecified atom stereocenters. The molecule has 2 atom stereocenters. The molecule has 1 saturated heterocycles. The van der Waals surface area contributed by atoms with Gasteiger partial charge in [-0.15, -0.1) is 0 Å². The second-order valence-electron chi connectivity index (χ2n) is 7.63. The number of nitrogens with two attached hydrogens (primary N) is 1. The molecule has 1 aliphatic rings. The van der Waals surface area contributed by atoms with Crippen LogP contribution < -0.4 is 21.3 Å². The van der Waals surface area contributed by atoms with Crippen LogP contribution in [0.1, 0.15) is 22.3 Å². The molecule has 168 valence electrons. The van der Waals surface area contributed by atoms with Gasteiger partial charge in [-0.3, -0.25) is 4.79 Å². The molecule has 0 aliphatic carbocycles. The highest BCUT2D eigenvalue weighted by atomic mass is 19.1. The number of rotatable bonds is 6. The molecule has 1 amide bonds. The zero-order valence-corrected chi connectivity index (χ0v) is 17.5. The average Bonchev–Trinajstić information content (AvgIpc) is 2.80. The minimum atomic E-state index is -1.26. The van der Waals surface area contributed by atoms with Crippen molar-refractivity contribution in [1.82, 2.24) is 9.97 Å². The Labute approximate surface area is 189 Å². The van der Waals surface area contributed by atoms with E-state index in [1.807, 2.05) is 11.0 Å². The number of anilines is 4. The summed E-state index contributed by atoms with van der Waals surface area (Å²) in [6.07, 6.45) is 1.94. The van der Waals surface area contributed by atoms with Crippen LogP contribution in [0.4, 0.5) is 31.8 Å². The van der Waals surface area contributed by atoms with E-state index in [1.54, 1.807) is 30.3 Å². The number of carbonyl (C=O) groups is 1. The van der Waals surface area contributed by atoms with Crippen LogP contribution >= 0.6 is 0 Å². The maximum atomic E-state index is 15.1. The molecule has 1 fully saturated rings. The maximum absolute atomic E-state index is 15.1. The lowest BCUT2D eigenvalue weighted by Crippen LogP contribution is -2.48. The normalized spacial score (nSPS) is 17.8. The smallest absolute Gasteiger partial charge is 0.252 e. The molecule has 0 radical (unpaired) electrons. The van der Waals surface area contributed by atoms with Crippen molar-refractivity contribution in [1.29, 1.82) is 5.26 Å². The van der Waals surface area contributed by atoms with Crippen molar-refractivity contribution in [3.63, 3.8) is 0 Å². The highest BCUT2D eigenvalue weighted by Crippen LogP contribution is 2.27. The summed E-state index contributed by atoms with van der Waals surface area (Å²) in [7, 11) is 0. The fourth-order valence-corrected chi connectivity index (χ4v) is 3.67. The number of nitrogens with zero attached hydrogens (tertiary/aromatic N) is 4. The van der Waals surface area contributed by atoms with Crippen LogP contribution in [0.25, 0.3) is 0 Å². The third-order valence-electron chi connectivity index (χ3n) is 5.35. The van der Waals surface area contributed by atoms with Crippen molar-refractivity contribution in [3.8, 4) is 6.07 Å². The Morgan fingerprint density at radius 3 is 2.73 bits per heavy atom. The van der Waals surface area contributed by atoms with Gasteiger partial charge in [0.05, 0.1) is 29.4 Å². The number of hydrogen-bond donors (Lipinski definition) is 3. The van der Waals surface area contributed by atoms with Crippen LogP contribution in [0.2, 0.25) is 0 Å². The van der Waals surface area contributed by atoms with Crippen LogP contribution in [-0.2, 0) is 0 Å². The quantitative estimate of drug-likeness (QED) is 0.528. The number of benzene rings is 1. The molecule has 1 aromatic carbocycles. The summed E-state index contributed by atoms with van der Waals surface area (Å²) >= 11 is 0. The lowest BCUT2D eigenvalue weighted by molar-refractivity contribution is 0.100. The highest BCUT2D eigenvalue weighted by Gasteiger charge is 2.30. The predicted octanol–water partition coefficient (Wildman–Crippen LogP) is 3.36. The number of halogens is 2. The van der Waals surface area contributed by atoms with Crippen LogP contribution in [0.15, 0.2) is 54.9 Å². The van der Waals surface area contributed by atoms with E-state index in [4.69, 9.17) is 11.0 Å². The molecule has 0 bridgehead atoms. The SMILES string of the molecule is N#Cc1ccc(N2CC[C@@H](Nc3cc(Nc4cccc(F)c4)ncc3C(N)=O)[C@@H](F)C2)nc1. The first-order valence-corrected chi connectivity index (χ1v) is 10.3. The Morgan fingerprint density at radius 2 is 2.06 bits per heavy atom. The Balaban J connectivity index is 1.49.